The van der Waals surface area contributed by atoms with Crippen LogP contribution in [-0.4, -0.2) is 37.7 Å². The van der Waals surface area contributed by atoms with Gasteiger partial charge in [0.2, 0.25) is 0 Å². The Hall–Kier alpha value is -1.62. The second-order valence-corrected chi connectivity index (χ2v) is 6.77. The van der Waals surface area contributed by atoms with Crippen LogP contribution in [0.25, 0.3) is 0 Å². The van der Waals surface area contributed by atoms with Gasteiger partial charge in [-0.05, 0) is 42.3 Å². The minimum Gasteiger partial charge on any atom is -0.483 e. The number of halogens is 2. The minimum absolute atomic E-state index is 0.226. The van der Waals surface area contributed by atoms with Crippen LogP contribution in [0, 0.1) is 12.7 Å². The van der Waals surface area contributed by atoms with Gasteiger partial charge in [0.05, 0.1) is 13.2 Å². The summed E-state index contributed by atoms with van der Waals surface area (Å²) >= 11 is 6.00. The van der Waals surface area contributed by atoms with E-state index in [2.05, 4.69) is 4.90 Å². The van der Waals surface area contributed by atoms with Crippen LogP contribution < -0.4 is 4.74 Å². The molecule has 0 radical (unpaired) electrons. The van der Waals surface area contributed by atoms with Crippen LogP contribution in [-0.2, 0) is 4.74 Å². The molecule has 0 aromatic heterocycles. The molecule has 0 bridgehead atoms. The summed E-state index contributed by atoms with van der Waals surface area (Å²) in [5.41, 5.74) is 1.97. The zero-order valence-electron chi connectivity index (χ0n) is 14.4. The Balaban J connectivity index is 1.75. The summed E-state index contributed by atoms with van der Waals surface area (Å²) in [6.07, 6.45) is 0.547. The highest BCUT2D eigenvalue weighted by molar-refractivity contribution is 6.30. The van der Waals surface area contributed by atoms with E-state index >= 15 is 0 Å². The van der Waals surface area contributed by atoms with Gasteiger partial charge in [-0.25, -0.2) is 4.39 Å². The molecule has 1 heterocycles. The van der Waals surface area contributed by atoms with Crippen LogP contribution in [0.15, 0.2) is 42.5 Å². The van der Waals surface area contributed by atoms with Crippen molar-refractivity contribution in [1.82, 2.24) is 4.90 Å². The summed E-state index contributed by atoms with van der Waals surface area (Å²) < 4.78 is 25.6. The summed E-state index contributed by atoms with van der Waals surface area (Å²) in [5, 5.41) is 0.678. The molecule has 5 heteroatoms. The van der Waals surface area contributed by atoms with E-state index in [1.807, 2.05) is 31.2 Å². The van der Waals surface area contributed by atoms with E-state index < -0.39 is 0 Å². The molecule has 2 aromatic rings. The summed E-state index contributed by atoms with van der Waals surface area (Å²) in [6, 6.07) is 12.5. The molecule has 0 N–H and O–H groups in total. The Bertz CT molecular complexity index is 687. The molecule has 0 spiro atoms. The molecular weight excluding hydrogens is 341 g/mol. The van der Waals surface area contributed by atoms with Crippen LogP contribution in [0.4, 0.5) is 4.39 Å². The van der Waals surface area contributed by atoms with Crippen LogP contribution in [0.2, 0.25) is 5.02 Å². The largest absolute Gasteiger partial charge is 0.483 e. The Labute approximate surface area is 153 Å². The first-order valence-corrected chi connectivity index (χ1v) is 8.98. The standard InChI is InChI=1S/C20H23ClFNO2/c1-15-2-7-18(22)20(14-15)25-19(16-3-5-17(21)6-4-16)8-9-23-10-12-24-13-11-23/h2-7,14,19H,8-13H2,1H3. The van der Waals surface area contributed by atoms with E-state index in [-0.39, 0.29) is 11.9 Å². The Kier molecular flexibility index (Phi) is 6.29. The minimum atomic E-state index is -0.337. The predicted molar refractivity (Wildman–Crippen MR) is 97.8 cm³/mol. The molecule has 2 aromatic carbocycles. The molecule has 1 fully saturated rings. The molecule has 134 valence electrons. The number of benzene rings is 2. The van der Waals surface area contributed by atoms with E-state index in [1.54, 1.807) is 12.1 Å². The Morgan fingerprint density at radius 1 is 1.16 bits per heavy atom. The lowest BCUT2D eigenvalue weighted by molar-refractivity contribution is 0.0315. The van der Waals surface area contributed by atoms with Crippen LogP contribution in [0.3, 0.4) is 0 Å². The number of hydrogen-bond donors (Lipinski definition) is 0. The lowest BCUT2D eigenvalue weighted by atomic mass is 10.1. The van der Waals surface area contributed by atoms with E-state index in [9.17, 15) is 4.39 Å². The molecule has 1 aliphatic heterocycles. The molecule has 3 nitrogen and oxygen atoms in total. The molecule has 1 atom stereocenters. The lowest BCUT2D eigenvalue weighted by Gasteiger charge is -2.29. The van der Waals surface area contributed by atoms with Crippen molar-refractivity contribution in [2.45, 2.75) is 19.4 Å². The van der Waals surface area contributed by atoms with E-state index in [0.29, 0.717) is 10.8 Å². The van der Waals surface area contributed by atoms with E-state index in [0.717, 1.165) is 50.4 Å². The second-order valence-electron chi connectivity index (χ2n) is 6.33. The highest BCUT2D eigenvalue weighted by Crippen LogP contribution is 2.29. The number of aryl methyl sites for hydroxylation is 1. The average molecular weight is 364 g/mol. The topological polar surface area (TPSA) is 21.7 Å². The lowest BCUT2D eigenvalue weighted by Crippen LogP contribution is -2.37. The van der Waals surface area contributed by atoms with E-state index in [1.165, 1.54) is 6.07 Å². The molecule has 1 aliphatic rings. The van der Waals surface area contributed by atoms with Crippen molar-refractivity contribution in [1.29, 1.82) is 0 Å². The van der Waals surface area contributed by atoms with Gasteiger partial charge in [0.25, 0.3) is 0 Å². The molecule has 0 aliphatic carbocycles. The van der Waals surface area contributed by atoms with Crippen molar-refractivity contribution in [3.8, 4) is 5.75 Å². The zero-order valence-corrected chi connectivity index (χ0v) is 15.1. The average Bonchev–Trinajstić information content (AvgIpc) is 2.63. The molecule has 0 saturated carbocycles. The zero-order chi connectivity index (χ0) is 17.6. The normalized spacial score (nSPS) is 16.6. The predicted octanol–water partition coefficient (Wildman–Crippen LogP) is 4.63. The first-order valence-electron chi connectivity index (χ1n) is 8.60. The fourth-order valence-corrected chi connectivity index (χ4v) is 3.08. The highest BCUT2D eigenvalue weighted by Gasteiger charge is 2.19. The fraction of sp³-hybridized carbons (Fsp3) is 0.400. The number of rotatable bonds is 6. The third-order valence-corrected chi connectivity index (χ3v) is 4.66. The number of nitrogens with zero attached hydrogens (tertiary/aromatic N) is 1. The van der Waals surface area contributed by atoms with Crippen molar-refractivity contribution in [2.75, 3.05) is 32.8 Å². The smallest absolute Gasteiger partial charge is 0.165 e. The van der Waals surface area contributed by atoms with Crippen LogP contribution in [0.1, 0.15) is 23.7 Å². The van der Waals surface area contributed by atoms with Crippen molar-refractivity contribution in [3.05, 3.63) is 64.4 Å². The maximum Gasteiger partial charge on any atom is 0.165 e. The summed E-state index contributed by atoms with van der Waals surface area (Å²) in [5.74, 6) is -0.0436. The number of hydrogen-bond acceptors (Lipinski definition) is 3. The van der Waals surface area contributed by atoms with Crippen LogP contribution in [0.5, 0.6) is 5.75 Å². The van der Waals surface area contributed by atoms with Gasteiger partial charge in [0, 0.05) is 31.1 Å². The van der Waals surface area contributed by atoms with Crippen molar-refractivity contribution in [2.24, 2.45) is 0 Å². The number of ether oxygens (including phenoxy) is 2. The van der Waals surface area contributed by atoms with E-state index in [4.69, 9.17) is 21.1 Å². The van der Waals surface area contributed by atoms with Crippen LogP contribution >= 0.6 is 11.6 Å². The van der Waals surface area contributed by atoms with Gasteiger partial charge in [-0.15, -0.1) is 0 Å². The Morgan fingerprint density at radius 3 is 2.60 bits per heavy atom. The summed E-state index contributed by atoms with van der Waals surface area (Å²) in [4.78, 5) is 2.35. The monoisotopic (exact) mass is 363 g/mol. The quantitative estimate of drug-likeness (QED) is 0.746. The molecule has 1 saturated heterocycles. The molecule has 25 heavy (non-hydrogen) atoms. The maximum atomic E-state index is 14.1. The Morgan fingerprint density at radius 2 is 1.88 bits per heavy atom. The van der Waals surface area contributed by atoms with Gasteiger partial charge >= 0.3 is 0 Å². The first kappa shape index (κ1) is 18.2. The van der Waals surface area contributed by atoms with Gasteiger partial charge < -0.3 is 9.47 Å². The first-order chi connectivity index (χ1) is 12.1. The highest BCUT2D eigenvalue weighted by atomic mass is 35.5. The van der Waals surface area contributed by atoms with Gasteiger partial charge in [0.15, 0.2) is 11.6 Å². The molecule has 0 amide bonds. The molecular formula is C20H23ClFNO2. The summed E-state index contributed by atoms with van der Waals surface area (Å²) in [6.45, 7) is 6.18. The van der Waals surface area contributed by atoms with Crippen molar-refractivity contribution >= 4 is 11.6 Å². The van der Waals surface area contributed by atoms with Gasteiger partial charge in [-0.1, -0.05) is 29.8 Å². The molecule has 1 unspecified atom stereocenters. The van der Waals surface area contributed by atoms with Gasteiger partial charge in [-0.3, -0.25) is 4.90 Å². The third-order valence-electron chi connectivity index (χ3n) is 4.41. The SMILES string of the molecule is Cc1ccc(F)c(OC(CCN2CCOCC2)c2ccc(Cl)cc2)c1. The van der Waals surface area contributed by atoms with Gasteiger partial charge in [-0.2, -0.15) is 0 Å². The molecule has 3 rings (SSSR count). The fourth-order valence-electron chi connectivity index (χ4n) is 2.95. The van der Waals surface area contributed by atoms with Crippen molar-refractivity contribution < 1.29 is 13.9 Å². The second kappa shape index (κ2) is 8.65. The van der Waals surface area contributed by atoms with Crippen molar-refractivity contribution in [3.63, 3.8) is 0 Å². The number of morpholine rings is 1. The third kappa shape index (κ3) is 5.18. The summed E-state index contributed by atoms with van der Waals surface area (Å²) in [7, 11) is 0. The maximum absolute atomic E-state index is 14.1. The van der Waals surface area contributed by atoms with Gasteiger partial charge in [0.1, 0.15) is 6.10 Å².